The lowest BCUT2D eigenvalue weighted by atomic mass is 9.98. The molecule has 2 aromatic carbocycles. The maximum absolute atomic E-state index is 12.9. The van der Waals surface area contributed by atoms with Crippen molar-refractivity contribution in [2.24, 2.45) is 0 Å². The molecule has 0 fully saturated rings. The van der Waals surface area contributed by atoms with Gasteiger partial charge in [-0.3, -0.25) is 0 Å². The summed E-state index contributed by atoms with van der Waals surface area (Å²) in [7, 11) is 0. The first kappa shape index (κ1) is 15.2. The highest BCUT2D eigenvalue weighted by Gasteiger charge is 2.35. The Morgan fingerprint density at radius 1 is 0.714 bits per heavy atom. The van der Waals surface area contributed by atoms with Crippen molar-refractivity contribution in [2.75, 3.05) is 0 Å². The highest BCUT2D eigenvalue weighted by atomic mass is 19.4. The number of rotatable bonds is 1. The molecule has 0 aliphatic heterocycles. The number of hydrogen-bond donors (Lipinski definition) is 1. The Bertz CT molecular complexity index is 657. The Balaban J connectivity index is 2.57. The average molecular weight is 306 g/mol. The van der Waals surface area contributed by atoms with E-state index in [1.807, 2.05) is 0 Å². The van der Waals surface area contributed by atoms with Crippen LogP contribution in [0.15, 0.2) is 42.5 Å². The van der Waals surface area contributed by atoms with Gasteiger partial charge in [0.1, 0.15) is 5.75 Å². The van der Waals surface area contributed by atoms with E-state index in [1.54, 1.807) is 0 Å². The van der Waals surface area contributed by atoms with E-state index >= 15 is 0 Å². The van der Waals surface area contributed by atoms with E-state index in [0.29, 0.717) is 12.1 Å². The fraction of sp³-hybridized carbons (Fsp3) is 0.143. The SMILES string of the molecule is Oc1cc(-c2ccccc2C(F)(F)F)ccc1C(F)(F)F. The second-order valence-electron chi connectivity index (χ2n) is 4.27. The molecule has 1 N–H and O–H groups in total. The van der Waals surface area contributed by atoms with Crippen molar-refractivity contribution >= 4 is 0 Å². The minimum atomic E-state index is -4.77. The van der Waals surface area contributed by atoms with Crippen LogP contribution in [0.5, 0.6) is 5.75 Å². The van der Waals surface area contributed by atoms with Gasteiger partial charge in [0.15, 0.2) is 0 Å². The van der Waals surface area contributed by atoms with Gasteiger partial charge in [-0.05, 0) is 29.3 Å². The van der Waals surface area contributed by atoms with Crippen LogP contribution < -0.4 is 0 Å². The van der Waals surface area contributed by atoms with E-state index in [9.17, 15) is 31.4 Å². The first-order chi connectivity index (χ1) is 9.60. The van der Waals surface area contributed by atoms with Crippen molar-refractivity contribution in [1.82, 2.24) is 0 Å². The molecule has 0 aliphatic rings. The van der Waals surface area contributed by atoms with Gasteiger partial charge in [0, 0.05) is 0 Å². The van der Waals surface area contributed by atoms with Crippen molar-refractivity contribution in [2.45, 2.75) is 12.4 Å². The molecule has 2 aromatic rings. The summed E-state index contributed by atoms with van der Waals surface area (Å²) in [6.45, 7) is 0. The van der Waals surface area contributed by atoms with Crippen LogP contribution in [-0.2, 0) is 12.4 Å². The third-order valence-electron chi connectivity index (χ3n) is 2.85. The minimum absolute atomic E-state index is 0.145. The van der Waals surface area contributed by atoms with Crippen molar-refractivity contribution < 1.29 is 31.4 Å². The molecule has 0 amide bonds. The summed E-state index contributed by atoms with van der Waals surface area (Å²) in [4.78, 5) is 0. The number of aromatic hydroxyl groups is 1. The van der Waals surface area contributed by atoms with E-state index in [2.05, 4.69) is 0 Å². The largest absolute Gasteiger partial charge is 0.507 e. The molecule has 0 aromatic heterocycles. The fourth-order valence-corrected chi connectivity index (χ4v) is 1.92. The third kappa shape index (κ3) is 3.12. The van der Waals surface area contributed by atoms with Gasteiger partial charge in [0.25, 0.3) is 0 Å². The second kappa shape index (κ2) is 4.98. The smallest absolute Gasteiger partial charge is 0.419 e. The summed E-state index contributed by atoms with van der Waals surface area (Å²) in [5.74, 6) is -1.11. The van der Waals surface area contributed by atoms with E-state index < -0.39 is 29.2 Å². The number of phenolic OH excluding ortho intramolecular Hbond substituents is 1. The fourth-order valence-electron chi connectivity index (χ4n) is 1.92. The van der Waals surface area contributed by atoms with Gasteiger partial charge in [0.2, 0.25) is 0 Å². The lowest BCUT2D eigenvalue weighted by molar-refractivity contribution is -0.139. The monoisotopic (exact) mass is 306 g/mol. The second-order valence-corrected chi connectivity index (χ2v) is 4.27. The van der Waals surface area contributed by atoms with Gasteiger partial charge in [-0.15, -0.1) is 0 Å². The maximum atomic E-state index is 12.9. The maximum Gasteiger partial charge on any atom is 0.419 e. The summed E-state index contributed by atoms with van der Waals surface area (Å²) in [5, 5.41) is 9.38. The van der Waals surface area contributed by atoms with Crippen LogP contribution in [0.3, 0.4) is 0 Å². The van der Waals surface area contributed by atoms with Gasteiger partial charge in [-0.1, -0.05) is 24.3 Å². The van der Waals surface area contributed by atoms with Crippen LogP contribution in [-0.4, -0.2) is 5.11 Å². The summed E-state index contributed by atoms with van der Waals surface area (Å²) in [6, 6.07) is 6.59. The highest BCUT2D eigenvalue weighted by Crippen LogP contribution is 2.41. The minimum Gasteiger partial charge on any atom is -0.507 e. The molecule has 0 atom stereocenters. The zero-order valence-corrected chi connectivity index (χ0v) is 10.3. The third-order valence-corrected chi connectivity index (χ3v) is 2.85. The topological polar surface area (TPSA) is 20.2 Å². The van der Waals surface area contributed by atoms with Gasteiger partial charge < -0.3 is 5.11 Å². The molecule has 7 heteroatoms. The molecule has 0 saturated carbocycles. The molecule has 0 saturated heterocycles. The highest BCUT2D eigenvalue weighted by molar-refractivity contribution is 5.70. The van der Waals surface area contributed by atoms with E-state index in [-0.39, 0.29) is 11.1 Å². The average Bonchev–Trinajstić information content (AvgIpc) is 2.36. The zero-order valence-electron chi connectivity index (χ0n) is 10.3. The molecule has 21 heavy (non-hydrogen) atoms. The summed E-state index contributed by atoms with van der Waals surface area (Å²) < 4.78 is 76.1. The quantitative estimate of drug-likeness (QED) is 0.727. The Morgan fingerprint density at radius 2 is 1.29 bits per heavy atom. The molecule has 0 bridgehead atoms. The molecular weight excluding hydrogens is 298 g/mol. The number of hydrogen-bond acceptors (Lipinski definition) is 1. The van der Waals surface area contributed by atoms with Gasteiger partial charge in [-0.25, -0.2) is 0 Å². The van der Waals surface area contributed by atoms with E-state index in [1.165, 1.54) is 12.1 Å². The molecule has 0 aliphatic carbocycles. The Hall–Kier alpha value is -2.18. The van der Waals surface area contributed by atoms with Crippen LogP contribution in [0.1, 0.15) is 11.1 Å². The molecule has 0 spiro atoms. The van der Waals surface area contributed by atoms with Gasteiger partial charge >= 0.3 is 12.4 Å². The lowest BCUT2D eigenvalue weighted by Gasteiger charge is -2.14. The molecule has 112 valence electrons. The molecule has 0 unspecified atom stereocenters. The van der Waals surface area contributed by atoms with Crippen LogP contribution in [0, 0.1) is 0 Å². The van der Waals surface area contributed by atoms with Crippen molar-refractivity contribution in [3.8, 4) is 16.9 Å². The molecule has 1 nitrogen and oxygen atoms in total. The Kier molecular flexibility index (Phi) is 3.61. The Morgan fingerprint density at radius 3 is 1.81 bits per heavy atom. The Labute approximate surface area is 115 Å². The van der Waals surface area contributed by atoms with Crippen molar-refractivity contribution in [1.29, 1.82) is 0 Å². The van der Waals surface area contributed by atoms with Crippen molar-refractivity contribution in [3.05, 3.63) is 53.6 Å². The number of phenols is 1. The molecule has 0 heterocycles. The van der Waals surface area contributed by atoms with Gasteiger partial charge in [0.05, 0.1) is 11.1 Å². The van der Waals surface area contributed by atoms with Crippen LogP contribution in [0.25, 0.3) is 11.1 Å². The van der Waals surface area contributed by atoms with Crippen molar-refractivity contribution in [3.63, 3.8) is 0 Å². The predicted octanol–water partition coefficient (Wildman–Crippen LogP) is 5.10. The number of halogens is 6. The molecule has 0 radical (unpaired) electrons. The normalized spacial score (nSPS) is 12.5. The van der Waals surface area contributed by atoms with E-state index in [4.69, 9.17) is 0 Å². The first-order valence-electron chi connectivity index (χ1n) is 5.67. The summed E-state index contributed by atoms with van der Waals surface area (Å²) in [5.41, 5.74) is -2.72. The predicted molar refractivity (Wildman–Crippen MR) is 63.5 cm³/mol. The van der Waals surface area contributed by atoms with E-state index in [0.717, 1.165) is 18.2 Å². The molecule has 2 rings (SSSR count). The van der Waals surface area contributed by atoms with Crippen LogP contribution in [0.4, 0.5) is 26.3 Å². The van der Waals surface area contributed by atoms with Crippen LogP contribution >= 0.6 is 0 Å². The summed E-state index contributed by atoms with van der Waals surface area (Å²) in [6.07, 6.45) is -9.42. The summed E-state index contributed by atoms with van der Waals surface area (Å²) >= 11 is 0. The van der Waals surface area contributed by atoms with Gasteiger partial charge in [-0.2, -0.15) is 26.3 Å². The molecular formula is C14H8F6O. The first-order valence-corrected chi connectivity index (χ1v) is 5.67. The zero-order chi connectivity index (χ0) is 15.8. The van der Waals surface area contributed by atoms with Crippen LogP contribution in [0.2, 0.25) is 0 Å². The lowest BCUT2D eigenvalue weighted by Crippen LogP contribution is -2.08. The standard InChI is InChI=1S/C14H8F6O/c15-13(16,17)10-4-2-1-3-9(10)8-5-6-11(12(21)7-8)14(18,19)20/h1-7,21H. The number of benzene rings is 2. The number of alkyl halides is 6.